The molecule has 0 atom stereocenters. The minimum atomic E-state index is -0.260. The fourth-order valence-corrected chi connectivity index (χ4v) is 2.43. The molecule has 104 valence electrons. The first-order valence-electron chi connectivity index (χ1n) is 6.93. The van der Waals surface area contributed by atoms with E-state index in [4.69, 9.17) is 0 Å². The zero-order valence-electron chi connectivity index (χ0n) is 11.4. The summed E-state index contributed by atoms with van der Waals surface area (Å²) < 4.78 is 12.8. The molecule has 1 fully saturated rings. The van der Waals surface area contributed by atoms with Gasteiger partial charge in [0, 0.05) is 26.2 Å². The van der Waals surface area contributed by atoms with Crippen molar-refractivity contribution in [3.05, 3.63) is 35.6 Å². The number of hydrogen-bond donors (Lipinski definition) is 0. The summed E-state index contributed by atoms with van der Waals surface area (Å²) in [5, 5.41) is 0. The Balaban J connectivity index is 1.83. The molecule has 1 amide bonds. The number of benzene rings is 1. The second kappa shape index (κ2) is 6.66. The summed E-state index contributed by atoms with van der Waals surface area (Å²) in [7, 11) is 0. The van der Waals surface area contributed by atoms with Crippen LogP contribution in [0.3, 0.4) is 0 Å². The first kappa shape index (κ1) is 14.0. The lowest BCUT2D eigenvalue weighted by Crippen LogP contribution is -2.49. The lowest BCUT2D eigenvalue weighted by molar-refractivity contribution is -0.132. The second-order valence-corrected chi connectivity index (χ2v) is 5.03. The van der Waals surface area contributed by atoms with E-state index in [-0.39, 0.29) is 11.7 Å². The molecule has 1 aromatic carbocycles. The maximum atomic E-state index is 12.8. The fourth-order valence-electron chi connectivity index (χ4n) is 2.43. The van der Waals surface area contributed by atoms with Gasteiger partial charge in [0.1, 0.15) is 5.82 Å². The molecule has 1 aliphatic rings. The van der Waals surface area contributed by atoms with Crippen molar-refractivity contribution in [1.29, 1.82) is 0 Å². The summed E-state index contributed by atoms with van der Waals surface area (Å²) in [5.74, 6) is -0.118. The van der Waals surface area contributed by atoms with Crippen molar-refractivity contribution in [1.82, 2.24) is 9.80 Å². The van der Waals surface area contributed by atoms with Crippen LogP contribution in [0.25, 0.3) is 0 Å². The van der Waals surface area contributed by atoms with Gasteiger partial charge in [0.05, 0.1) is 6.42 Å². The molecular weight excluding hydrogens is 243 g/mol. The van der Waals surface area contributed by atoms with Gasteiger partial charge in [-0.1, -0.05) is 19.1 Å². The number of hydrogen-bond acceptors (Lipinski definition) is 2. The van der Waals surface area contributed by atoms with Gasteiger partial charge < -0.3 is 4.90 Å². The maximum absolute atomic E-state index is 12.8. The number of carbonyl (C=O) groups excluding carboxylic acids is 1. The molecule has 1 saturated heterocycles. The molecule has 3 nitrogen and oxygen atoms in total. The van der Waals surface area contributed by atoms with Crippen LogP contribution in [0.2, 0.25) is 0 Å². The standard InChI is InChI=1S/C15H21FN2O/c1-2-7-17-8-10-18(11-9-17)15(19)12-13-3-5-14(16)6-4-13/h3-6H,2,7-12H2,1H3. The minimum absolute atomic E-state index is 0.141. The van der Waals surface area contributed by atoms with Gasteiger partial charge >= 0.3 is 0 Å². The molecule has 0 saturated carbocycles. The van der Waals surface area contributed by atoms with E-state index in [1.807, 2.05) is 4.90 Å². The Morgan fingerprint density at radius 3 is 2.37 bits per heavy atom. The zero-order valence-corrected chi connectivity index (χ0v) is 11.4. The highest BCUT2D eigenvalue weighted by atomic mass is 19.1. The summed E-state index contributed by atoms with van der Waals surface area (Å²) in [6, 6.07) is 6.17. The van der Waals surface area contributed by atoms with Gasteiger partial charge in [-0.3, -0.25) is 9.69 Å². The Morgan fingerprint density at radius 1 is 1.16 bits per heavy atom. The monoisotopic (exact) mass is 264 g/mol. The van der Waals surface area contributed by atoms with E-state index < -0.39 is 0 Å². The van der Waals surface area contributed by atoms with E-state index in [1.165, 1.54) is 12.1 Å². The molecule has 0 N–H and O–H groups in total. The van der Waals surface area contributed by atoms with E-state index in [9.17, 15) is 9.18 Å². The lowest BCUT2D eigenvalue weighted by atomic mass is 10.1. The third-order valence-corrected chi connectivity index (χ3v) is 3.53. The Hall–Kier alpha value is -1.42. The van der Waals surface area contributed by atoms with Crippen LogP contribution in [0.15, 0.2) is 24.3 Å². The van der Waals surface area contributed by atoms with Crippen LogP contribution >= 0.6 is 0 Å². The molecule has 1 heterocycles. The number of carbonyl (C=O) groups is 1. The molecule has 0 unspecified atom stereocenters. The number of amides is 1. The molecule has 1 aromatic rings. The summed E-state index contributed by atoms with van der Waals surface area (Å²) in [4.78, 5) is 16.4. The summed E-state index contributed by atoms with van der Waals surface area (Å²) in [5.41, 5.74) is 0.877. The first-order valence-corrected chi connectivity index (χ1v) is 6.93. The van der Waals surface area contributed by atoms with Gasteiger partial charge in [0.15, 0.2) is 0 Å². The Bertz CT molecular complexity index is 411. The highest BCUT2D eigenvalue weighted by molar-refractivity contribution is 5.78. The second-order valence-electron chi connectivity index (χ2n) is 5.03. The van der Waals surface area contributed by atoms with E-state index in [2.05, 4.69) is 11.8 Å². The Morgan fingerprint density at radius 2 is 1.79 bits per heavy atom. The number of rotatable bonds is 4. The number of halogens is 1. The van der Waals surface area contributed by atoms with Gasteiger partial charge in [0.2, 0.25) is 5.91 Å². The van der Waals surface area contributed by atoms with Gasteiger partial charge in [-0.05, 0) is 30.7 Å². The maximum Gasteiger partial charge on any atom is 0.227 e. The summed E-state index contributed by atoms with van der Waals surface area (Å²) in [6.45, 7) is 6.82. The highest BCUT2D eigenvalue weighted by Crippen LogP contribution is 2.08. The Kier molecular flexibility index (Phi) is 4.91. The van der Waals surface area contributed by atoms with Crippen molar-refractivity contribution in [2.45, 2.75) is 19.8 Å². The molecule has 0 aliphatic carbocycles. The normalized spacial score (nSPS) is 16.6. The van der Waals surface area contributed by atoms with Gasteiger partial charge in [0.25, 0.3) is 0 Å². The van der Waals surface area contributed by atoms with Crippen molar-refractivity contribution in [3.63, 3.8) is 0 Å². The smallest absolute Gasteiger partial charge is 0.227 e. The van der Waals surface area contributed by atoms with Crippen LogP contribution in [-0.4, -0.2) is 48.4 Å². The minimum Gasteiger partial charge on any atom is -0.340 e. The molecule has 19 heavy (non-hydrogen) atoms. The van der Waals surface area contributed by atoms with Crippen molar-refractivity contribution in [2.75, 3.05) is 32.7 Å². The quantitative estimate of drug-likeness (QED) is 0.829. The molecule has 0 spiro atoms. The van der Waals surface area contributed by atoms with Crippen LogP contribution in [0, 0.1) is 5.82 Å². The van der Waals surface area contributed by atoms with Crippen LogP contribution < -0.4 is 0 Å². The number of piperazine rings is 1. The SMILES string of the molecule is CCCN1CCN(C(=O)Cc2ccc(F)cc2)CC1. The van der Waals surface area contributed by atoms with Crippen molar-refractivity contribution in [3.8, 4) is 0 Å². The predicted molar refractivity (Wildman–Crippen MR) is 73.4 cm³/mol. The zero-order chi connectivity index (χ0) is 13.7. The molecule has 0 radical (unpaired) electrons. The van der Waals surface area contributed by atoms with Gasteiger partial charge in [-0.15, -0.1) is 0 Å². The third kappa shape index (κ3) is 4.03. The van der Waals surface area contributed by atoms with Gasteiger partial charge in [-0.25, -0.2) is 4.39 Å². The Labute approximate surface area is 114 Å². The topological polar surface area (TPSA) is 23.6 Å². The molecule has 4 heteroatoms. The fraction of sp³-hybridized carbons (Fsp3) is 0.533. The molecule has 0 aromatic heterocycles. The van der Waals surface area contributed by atoms with Crippen molar-refractivity contribution in [2.24, 2.45) is 0 Å². The molecular formula is C15H21FN2O. The van der Waals surface area contributed by atoms with E-state index >= 15 is 0 Å². The first-order chi connectivity index (χ1) is 9.19. The van der Waals surface area contributed by atoms with Crippen LogP contribution in [-0.2, 0) is 11.2 Å². The van der Waals surface area contributed by atoms with E-state index in [1.54, 1.807) is 12.1 Å². The highest BCUT2D eigenvalue weighted by Gasteiger charge is 2.20. The molecule has 0 bridgehead atoms. The molecule has 2 rings (SSSR count). The van der Waals surface area contributed by atoms with E-state index in [0.29, 0.717) is 6.42 Å². The lowest BCUT2D eigenvalue weighted by Gasteiger charge is -2.34. The average molecular weight is 264 g/mol. The van der Waals surface area contributed by atoms with Crippen molar-refractivity contribution >= 4 is 5.91 Å². The van der Waals surface area contributed by atoms with Gasteiger partial charge in [-0.2, -0.15) is 0 Å². The molecule has 1 aliphatic heterocycles. The summed E-state index contributed by atoms with van der Waals surface area (Å²) in [6.07, 6.45) is 1.53. The van der Waals surface area contributed by atoms with Crippen LogP contribution in [0.1, 0.15) is 18.9 Å². The van der Waals surface area contributed by atoms with Crippen molar-refractivity contribution < 1.29 is 9.18 Å². The van der Waals surface area contributed by atoms with E-state index in [0.717, 1.165) is 44.7 Å². The van der Waals surface area contributed by atoms with Crippen LogP contribution in [0.5, 0.6) is 0 Å². The third-order valence-electron chi connectivity index (χ3n) is 3.53. The average Bonchev–Trinajstić information content (AvgIpc) is 2.42. The predicted octanol–water partition coefficient (Wildman–Crippen LogP) is 1.92. The summed E-state index contributed by atoms with van der Waals surface area (Å²) >= 11 is 0. The number of nitrogens with zero attached hydrogens (tertiary/aromatic N) is 2. The largest absolute Gasteiger partial charge is 0.340 e. The van der Waals surface area contributed by atoms with Crippen LogP contribution in [0.4, 0.5) is 4.39 Å².